The van der Waals surface area contributed by atoms with Gasteiger partial charge in [-0.15, -0.1) is 0 Å². The number of carbonyl (C=O) groups is 2. The Morgan fingerprint density at radius 3 is 2.68 bits per heavy atom. The summed E-state index contributed by atoms with van der Waals surface area (Å²) in [6.07, 6.45) is 6.05. The third-order valence-corrected chi connectivity index (χ3v) is 4.87. The van der Waals surface area contributed by atoms with E-state index in [9.17, 15) is 9.59 Å². The van der Waals surface area contributed by atoms with Gasteiger partial charge in [0.25, 0.3) is 0 Å². The zero-order valence-electron chi connectivity index (χ0n) is 16.3. The van der Waals surface area contributed by atoms with Crippen LogP contribution in [-0.2, 0) is 23.8 Å². The molecule has 28 heavy (non-hydrogen) atoms. The van der Waals surface area contributed by atoms with Crippen molar-refractivity contribution in [3.63, 3.8) is 0 Å². The van der Waals surface area contributed by atoms with Gasteiger partial charge < -0.3 is 19.5 Å². The Morgan fingerprint density at radius 1 is 1.21 bits per heavy atom. The van der Waals surface area contributed by atoms with E-state index in [2.05, 4.69) is 10.2 Å². The van der Waals surface area contributed by atoms with Crippen molar-refractivity contribution in [3.8, 4) is 0 Å². The van der Waals surface area contributed by atoms with Gasteiger partial charge in [0.2, 0.25) is 5.91 Å². The number of rotatable bonds is 7. The molecule has 152 valence electrons. The molecule has 1 amide bonds. The molecule has 3 rings (SSSR count). The minimum Gasteiger partial charge on any atom is -0.463 e. The second-order valence-electron chi connectivity index (χ2n) is 6.90. The van der Waals surface area contributed by atoms with Crippen LogP contribution in [0.15, 0.2) is 30.3 Å². The summed E-state index contributed by atoms with van der Waals surface area (Å²) in [4.78, 5) is 26.0. The van der Waals surface area contributed by atoms with E-state index in [4.69, 9.17) is 14.2 Å². The fraction of sp³-hybridized carbons (Fsp3) is 0.524. The number of hydrogen-bond acceptors (Lipinski definition) is 6. The van der Waals surface area contributed by atoms with Crippen molar-refractivity contribution in [3.05, 3.63) is 35.9 Å². The molecule has 1 aromatic carbocycles. The highest BCUT2D eigenvalue weighted by Crippen LogP contribution is 2.24. The van der Waals surface area contributed by atoms with Gasteiger partial charge in [-0.1, -0.05) is 18.6 Å². The summed E-state index contributed by atoms with van der Waals surface area (Å²) in [7, 11) is 0. The Hall–Kier alpha value is -2.22. The van der Waals surface area contributed by atoms with Crippen molar-refractivity contribution in [2.75, 3.05) is 38.2 Å². The molecule has 2 aliphatic heterocycles. The van der Waals surface area contributed by atoms with Crippen LogP contribution in [0.3, 0.4) is 0 Å². The summed E-state index contributed by atoms with van der Waals surface area (Å²) >= 11 is 0. The van der Waals surface area contributed by atoms with Crippen molar-refractivity contribution in [1.82, 2.24) is 4.90 Å². The molecular formula is C21H28N2O5. The van der Waals surface area contributed by atoms with Gasteiger partial charge in [-0.25, -0.2) is 4.79 Å². The molecule has 2 saturated heterocycles. The van der Waals surface area contributed by atoms with Crippen LogP contribution in [0.1, 0.15) is 31.7 Å². The average Bonchev–Trinajstić information content (AvgIpc) is 3.23. The SMILES string of the molecule is CCOC(=O)/C=C/c1ccc(NC(=O)CN2CCCCC2C2OCCO2)cc1. The molecule has 1 unspecified atom stereocenters. The zero-order chi connectivity index (χ0) is 19.8. The molecule has 0 spiro atoms. The van der Waals surface area contributed by atoms with E-state index in [0.29, 0.717) is 26.4 Å². The van der Waals surface area contributed by atoms with Crippen LogP contribution >= 0.6 is 0 Å². The van der Waals surface area contributed by atoms with E-state index in [-0.39, 0.29) is 24.2 Å². The second kappa shape index (κ2) is 10.4. The van der Waals surface area contributed by atoms with E-state index >= 15 is 0 Å². The van der Waals surface area contributed by atoms with Crippen LogP contribution in [0.2, 0.25) is 0 Å². The van der Waals surface area contributed by atoms with Gasteiger partial charge in [0.1, 0.15) is 0 Å². The number of carbonyl (C=O) groups excluding carboxylic acids is 2. The van der Waals surface area contributed by atoms with Crippen molar-refractivity contribution in [2.24, 2.45) is 0 Å². The molecule has 0 radical (unpaired) electrons. The molecule has 1 N–H and O–H groups in total. The summed E-state index contributed by atoms with van der Waals surface area (Å²) in [5.74, 6) is -0.425. The number of ether oxygens (including phenoxy) is 3. The highest BCUT2D eigenvalue weighted by molar-refractivity contribution is 5.92. The number of anilines is 1. The molecule has 1 atom stereocenters. The summed E-state index contributed by atoms with van der Waals surface area (Å²) in [6, 6.07) is 7.46. The van der Waals surface area contributed by atoms with Gasteiger partial charge in [-0.05, 0) is 50.1 Å². The van der Waals surface area contributed by atoms with E-state index in [1.807, 2.05) is 24.3 Å². The van der Waals surface area contributed by atoms with E-state index < -0.39 is 0 Å². The molecule has 1 aromatic rings. The van der Waals surface area contributed by atoms with Gasteiger partial charge in [-0.2, -0.15) is 0 Å². The quantitative estimate of drug-likeness (QED) is 0.571. The lowest BCUT2D eigenvalue weighted by Gasteiger charge is -2.37. The summed E-state index contributed by atoms with van der Waals surface area (Å²) in [5, 5.41) is 2.93. The smallest absolute Gasteiger partial charge is 0.330 e. The molecule has 0 saturated carbocycles. The number of nitrogens with one attached hydrogen (secondary N) is 1. The van der Waals surface area contributed by atoms with Gasteiger partial charge in [-0.3, -0.25) is 9.69 Å². The molecule has 0 aliphatic carbocycles. The van der Waals surface area contributed by atoms with Gasteiger partial charge >= 0.3 is 5.97 Å². The molecule has 2 aliphatic rings. The number of nitrogens with zero attached hydrogens (tertiary/aromatic N) is 1. The Labute approximate surface area is 165 Å². The molecule has 2 fully saturated rings. The fourth-order valence-electron chi connectivity index (χ4n) is 3.54. The fourth-order valence-corrected chi connectivity index (χ4v) is 3.54. The third kappa shape index (κ3) is 5.89. The van der Waals surface area contributed by atoms with Crippen LogP contribution in [0.25, 0.3) is 6.08 Å². The molecule has 0 bridgehead atoms. The number of hydrogen-bond donors (Lipinski definition) is 1. The number of piperidine rings is 1. The van der Waals surface area contributed by atoms with Gasteiger partial charge in [0.15, 0.2) is 6.29 Å². The van der Waals surface area contributed by atoms with Crippen LogP contribution in [0.4, 0.5) is 5.69 Å². The Balaban J connectivity index is 1.51. The minimum absolute atomic E-state index is 0.0558. The molecule has 7 heteroatoms. The first kappa shape index (κ1) is 20.5. The first-order valence-electron chi connectivity index (χ1n) is 9.87. The van der Waals surface area contributed by atoms with Crippen molar-refractivity contribution in [2.45, 2.75) is 38.5 Å². The molecular weight excluding hydrogens is 360 g/mol. The van der Waals surface area contributed by atoms with E-state index in [1.165, 1.54) is 6.08 Å². The Bertz CT molecular complexity index is 683. The second-order valence-corrected chi connectivity index (χ2v) is 6.90. The molecule has 7 nitrogen and oxygen atoms in total. The summed E-state index contributed by atoms with van der Waals surface area (Å²) in [5.41, 5.74) is 1.58. The summed E-state index contributed by atoms with van der Waals surface area (Å²) < 4.78 is 16.2. The monoisotopic (exact) mass is 388 g/mol. The Kier molecular flexibility index (Phi) is 7.59. The lowest BCUT2D eigenvalue weighted by Crippen LogP contribution is -2.50. The highest BCUT2D eigenvalue weighted by atomic mass is 16.7. The van der Waals surface area contributed by atoms with Gasteiger partial charge in [0.05, 0.1) is 32.4 Å². The number of amides is 1. The first-order chi connectivity index (χ1) is 13.7. The van der Waals surface area contributed by atoms with Crippen molar-refractivity contribution < 1.29 is 23.8 Å². The maximum Gasteiger partial charge on any atom is 0.330 e. The predicted molar refractivity (Wildman–Crippen MR) is 106 cm³/mol. The maximum absolute atomic E-state index is 12.5. The minimum atomic E-state index is -0.369. The van der Waals surface area contributed by atoms with E-state index in [0.717, 1.165) is 37.1 Å². The van der Waals surface area contributed by atoms with Gasteiger partial charge in [0, 0.05) is 11.8 Å². The highest BCUT2D eigenvalue weighted by Gasteiger charge is 2.34. The lowest BCUT2D eigenvalue weighted by atomic mass is 10.0. The largest absolute Gasteiger partial charge is 0.463 e. The van der Waals surface area contributed by atoms with Crippen LogP contribution in [0.5, 0.6) is 0 Å². The van der Waals surface area contributed by atoms with Crippen LogP contribution in [0, 0.1) is 0 Å². The maximum atomic E-state index is 12.5. The first-order valence-corrected chi connectivity index (χ1v) is 9.87. The van der Waals surface area contributed by atoms with Crippen LogP contribution < -0.4 is 5.32 Å². The zero-order valence-corrected chi connectivity index (χ0v) is 16.3. The standard InChI is InChI=1S/C21H28N2O5/c1-2-26-20(25)11-8-16-6-9-17(10-7-16)22-19(24)15-23-12-4-3-5-18(23)21-27-13-14-28-21/h6-11,18,21H,2-5,12-15H2,1H3,(H,22,24)/b11-8+. The van der Waals surface area contributed by atoms with Crippen LogP contribution in [-0.4, -0.2) is 62.0 Å². The number of benzene rings is 1. The normalized spacial score (nSPS) is 21.1. The van der Waals surface area contributed by atoms with Crippen molar-refractivity contribution in [1.29, 1.82) is 0 Å². The number of likely N-dealkylation sites (tertiary alicyclic amines) is 1. The van der Waals surface area contributed by atoms with Crippen molar-refractivity contribution >= 4 is 23.6 Å². The predicted octanol–water partition coefficient (Wildman–Crippen LogP) is 2.43. The van der Waals surface area contributed by atoms with E-state index in [1.54, 1.807) is 13.0 Å². The number of esters is 1. The molecule has 2 heterocycles. The Morgan fingerprint density at radius 2 is 1.96 bits per heavy atom. The topological polar surface area (TPSA) is 77.1 Å². The average molecular weight is 388 g/mol. The molecule has 0 aromatic heterocycles. The third-order valence-electron chi connectivity index (χ3n) is 4.87. The lowest BCUT2D eigenvalue weighted by molar-refractivity contribution is -0.137. The summed E-state index contributed by atoms with van der Waals surface area (Å²) in [6.45, 7) is 4.56.